The number of aliphatic carboxylic acids is 1. The Hall–Kier alpha value is -0.220. The van der Waals surface area contributed by atoms with Gasteiger partial charge in [-0.3, -0.25) is 4.79 Å². The van der Waals surface area contributed by atoms with Gasteiger partial charge < -0.3 is 10.8 Å². The SMILES string of the molecule is CC(C)(C)SC[C@](C)(N)C(=O)O. The molecule has 0 radical (unpaired) electrons. The second-order valence-corrected chi connectivity index (χ2v) is 5.93. The lowest BCUT2D eigenvalue weighted by atomic mass is 10.1. The highest BCUT2D eigenvalue weighted by Crippen LogP contribution is 2.25. The van der Waals surface area contributed by atoms with Gasteiger partial charge in [0.25, 0.3) is 0 Å². The molecule has 0 aliphatic rings. The van der Waals surface area contributed by atoms with Crippen LogP contribution in [0, 0.1) is 0 Å². The molecule has 0 unspecified atom stereocenters. The van der Waals surface area contributed by atoms with E-state index in [-0.39, 0.29) is 4.75 Å². The fourth-order valence-corrected chi connectivity index (χ4v) is 1.28. The van der Waals surface area contributed by atoms with Crippen LogP contribution in [0.5, 0.6) is 0 Å². The number of carbonyl (C=O) groups is 1. The van der Waals surface area contributed by atoms with Crippen LogP contribution < -0.4 is 5.73 Å². The van der Waals surface area contributed by atoms with Crippen molar-refractivity contribution >= 4 is 17.7 Å². The molecular formula is C8H17NO2S. The third kappa shape index (κ3) is 4.62. The molecule has 3 N–H and O–H groups in total. The van der Waals surface area contributed by atoms with Gasteiger partial charge in [0, 0.05) is 10.5 Å². The molecule has 3 nitrogen and oxygen atoms in total. The van der Waals surface area contributed by atoms with Gasteiger partial charge in [0.1, 0.15) is 5.54 Å². The quantitative estimate of drug-likeness (QED) is 0.706. The maximum Gasteiger partial charge on any atom is 0.324 e. The Balaban J connectivity index is 4.01. The summed E-state index contributed by atoms with van der Waals surface area (Å²) in [4.78, 5) is 10.6. The molecule has 4 heteroatoms. The highest BCUT2D eigenvalue weighted by atomic mass is 32.2. The first-order valence-electron chi connectivity index (χ1n) is 3.81. The van der Waals surface area contributed by atoms with Crippen LogP contribution in [-0.2, 0) is 4.79 Å². The maximum absolute atomic E-state index is 10.6. The van der Waals surface area contributed by atoms with E-state index in [4.69, 9.17) is 10.8 Å². The normalized spacial score (nSPS) is 17.1. The predicted octanol–water partition coefficient (Wildman–Crippen LogP) is 1.32. The molecule has 0 aliphatic carbocycles. The molecule has 12 heavy (non-hydrogen) atoms. The van der Waals surface area contributed by atoms with Crippen molar-refractivity contribution in [3.63, 3.8) is 0 Å². The fraction of sp³-hybridized carbons (Fsp3) is 0.875. The van der Waals surface area contributed by atoms with Crippen LogP contribution in [0.3, 0.4) is 0 Å². The number of carboxylic acid groups (broad SMARTS) is 1. The average molecular weight is 191 g/mol. The minimum atomic E-state index is -1.11. The summed E-state index contributed by atoms with van der Waals surface area (Å²) in [7, 11) is 0. The number of nitrogens with two attached hydrogens (primary N) is 1. The lowest BCUT2D eigenvalue weighted by Crippen LogP contribution is -2.47. The Kier molecular flexibility index (Phi) is 3.59. The number of carboxylic acids is 1. The van der Waals surface area contributed by atoms with E-state index < -0.39 is 11.5 Å². The second-order valence-electron chi connectivity index (χ2n) is 4.12. The average Bonchev–Trinajstić information content (AvgIpc) is 1.82. The molecule has 0 saturated heterocycles. The summed E-state index contributed by atoms with van der Waals surface area (Å²) in [6.07, 6.45) is 0. The van der Waals surface area contributed by atoms with Crippen molar-refractivity contribution in [1.82, 2.24) is 0 Å². The first-order chi connectivity index (χ1) is 5.15. The first kappa shape index (κ1) is 11.8. The maximum atomic E-state index is 10.6. The third-order valence-corrected chi connectivity index (χ3v) is 2.90. The molecule has 0 bridgehead atoms. The largest absolute Gasteiger partial charge is 0.480 e. The smallest absolute Gasteiger partial charge is 0.324 e. The van der Waals surface area contributed by atoms with E-state index in [1.165, 1.54) is 6.92 Å². The van der Waals surface area contributed by atoms with E-state index in [0.717, 1.165) is 0 Å². The summed E-state index contributed by atoms with van der Waals surface area (Å²) in [5.74, 6) is -0.509. The molecule has 0 rings (SSSR count). The van der Waals surface area contributed by atoms with E-state index in [1.807, 2.05) is 20.8 Å². The van der Waals surface area contributed by atoms with Crippen molar-refractivity contribution in [2.45, 2.75) is 38.0 Å². The van der Waals surface area contributed by atoms with Crippen LogP contribution in [-0.4, -0.2) is 27.1 Å². The highest BCUT2D eigenvalue weighted by Gasteiger charge is 2.29. The van der Waals surface area contributed by atoms with Crippen molar-refractivity contribution < 1.29 is 9.90 Å². The lowest BCUT2D eigenvalue weighted by molar-refractivity contribution is -0.141. The second kappa shape index (κ2) is 3.66. The molecule has 0 aliphatic heterocycles. The summed E-state index contributed by atoms with van der Waals surface area (Å²) in [6.45, 7) is 7.65. The van der Waals surface area contributed by atoms with Gasteiger partial charge in [0.05, 0.1) is 0 Å². The van der Waals surface area contributed by atoms with Gasteiger partial charge in [-0.05, 0) is 6.92 Å². The van der Waals surface area contributed by atoms with Crippen molar-refractivity contribution in [2.24, 2.45) is 5.73 Å². The van der Waals surface area contributed by atoms with Crippen LogP contribution in [0.4, 0.5) is 0 Å². The number of hydrogen-bond donors (Lipinski definition) is 2. The molecule has 1 atom stereocenters. The molecule has 0 saturated carbocycles. The van der Waals surface area contributed by atoms with Gasteiger partial charge in [0.15, 0.2) is 0 Å². The van der Waals surface area contributed by atoms with Gasteiger partial charge in [-0.25, -0.2) is 0 Å². The predicted molar refractivity (Wildman–Crippen MR) is 52.4 cm³/mol. The van der Waals surface area contributed by atoms with Crippen LogP contribution in [0.2, 0.25) is 0 Å². The van der Waals surface area contributed by atoms with Crippen molar-refractivity contribution in [3.05, 3.63) is 0 Å². The van der Waals surface area contributed by atoms with Gasteiger partial charge in [-0.15, -0.1) is 0 Å². The van der Waals surface area contributed by atoms with E-state index >= 15 is 0 Å². The van der Waals surface area contributed by atoms with Crippen molar-refractivity contribution in [2.75, 3.05) is 5.75 Å². The highest BCUT2D eigenvalue weighted by molar-refractivity contribution is 8.00. The van der Waals surface area contributed by atoms with Gasteiger partial charge in [0.2, 0.25) is 0 Å². The Morgan fingerprint density at radius 2 is 1.83 bits per heavy atom. The summed E-state index contributed by atoms with van der Waals surface area (Å²) < 4.78 is 0.0656. The Morgan fingerprint density at radius 1 is 1.42 bits per heavy atom. The topological polar surface area (TPSA) is 63.3 Å². The van der Waals surface area contributed by atoms with E-state index in [0.29, 0.717) is 5.75 Å². The summed E-state index contributed by atoms with van der Waals surface area (Å²) in [5.41, 5.74) is 4.43. The molecule has 0 spiro atoms. The minimum absolute atomic E-state index is 0.0656. The summed E-state index contributed by atoms with van der Waals surface area (Å²) in [5, 5.41) is 8.70. The monoisotopic (exact) mass is 191 g/mol. The van der Waals surface area contributed by atoms with Crippen molar-refractivity contribution in [1.29, 1.82) is 0 Å². The summed E-state index contributed by atoms with van der Waals surface area (Å²) >= 11 is 1.56. The number of thioether (sulfide) groups is 1. The third-order valence-electron chi connectivity index (χ3n) is 1.29. The van der Waals surface area contributed by atoms with Crippen LogP contribution in [0.15, 0.2) is 0 Å². The molecule has 0 aromatic rings. The fourth-order valence-electron chi connectivity index (χ4n) is 0.428. The molecule has 0 fully saturated rings. The summed E-state index contributed by atoms with van der Waals surface area (Å²) in [6, 6.07) is 0. The lowest BCUT2D eigenvalue weighted by Gasteiger charge is -2.24. The van der Waals surface area contributed by atoms with Gasteiger partial charge in [-0.2, -0.15) is 11.8 Å². The molecule has 0 aromatic heterocycles. The standard InChI is InChI=1S/C8H17NO2S/c1-7(2,3)12-5-8(4,9)6(10)11/h5,9H2,1-4H3,(H,10,11)/t8-/m0/s1. The minimum Gasteiger partial charge on any atom is -0.480 e. The van der Waals surface area contributed by atoms with E-state index in [2.05, 4.69) is 0 Å². The van der Waals surface area contributed by atoms with Gasteiger partial charge in [-0.1, -0.05) is 20.8 Å². The zero-order valence-corrected chi connectivity index (χ0v) is 8.86. The molecule has 72 valence electrons. The number of rotatable bonds is 3. The Bertz CT molecular complexity index is 172. The van der Waals surface area contributed by atoms with Crippen LogP contribution in [0.1, 0.15) is 27.7 Å². The molecule has 0 amide bonds. The van der Waals surface area contributed by atoms with Crippen molar-refractivity contribution in [3.8, 4) is 0 Å². The zero-order chi connectivity index (χ0) is 9.99. The molecule has 0 heterocycles. The first-order valence-corrected chi connectivity index (χ1v) is 4.80. The Morgan fingerprint density at radius 3 is 2.08 bits per heavy atom. The Labute approximate surface area is 77.7 Å². The van der Waals surface area contributed by atoms with Crippen LogP contribution in [0.25, 0.3) is 0 Å². The van der Waals surface area contributed by atoms with E-state index in [9.17, 15) is 4.79 Å². The molecule has 0 aromatic carbocycles. The van der Waals surface area contributed by atoms with Gasteiger partial charge >= 0.3 is 5.97 Å². The van der Waals surface area contributed by atoms with E-state index in [1.54, 1.807) is 11.8 Å². The zero-order valence-electron chi connectivity index (χ0n) is 8.05. The molecular weight excluding hydrogens is 174 g/mol. The number of hydrogen-bond acceptors (Lipinski definition) is 3. The van der Waals surface area contributed by atoms with Crippen LogP contribution >= 0.6 is 11.8 Å².